The van der Waals surface area contributed by atoms with Gasteiger partial charge in [0.2, 0.25) is 5.95 Å². The van der Waals surface area contributed by atoms with Gasteiger partial charge in [0, 0.05) is 42.1 Å². The molecule has 0 aliphatic carbocycles. The Hall–Kier alpha value is -3.05. The Bertz CT molecular complexity index is 1220. The summed E-state index contributed by atoms with van der Waals surface area (Å²) in [6.07, 6.45) is 6.73. The number of benzene rings is 1. The van der Waals surface area contributed by atoms with Crippen LogP contribution in [0.4, 0.5) is 15.9 Å². The molecule has 3 aromatic rings. The van der Waals surface area contributed by atoms with Gasteiger partial charge in [0.15, 0.2) is 5.13 Å². The van der Waals surface area contributed by atoms with Crippen LogP contribution in [0.2, 0.25) is 0 Å². The molecule has 11 heteroatoms. The van der Waals surface area contributed by atoms with Gasteiger partial charge < -0.3 is 15.3 Å². The predicted octanol–water partition coefficient (Wildman–Crippen LogP) is 4.90. The fourth-order valence-electron chi connectivity index (χ4n) is 4.06. The molecular formula is C23H25BrN6O3S. The molecule has 2 amide bonds. The van der Waals surface area contributed by atoms with Crippen LogP contribution in [0, 0.1) is 5.41 Å². The summed E-state index contributed by atoms with van der Waals surface area (Å²) in [5, 5.41) is 15.6. The lowest BCUT2D eigenvalue weighted by molar-refractivity contribution is -0.150. The van der Waals surface area contributed by atoms with Crippen LogP contribution in [-0.2, 0) is 4.79 Å². The molecule has 0 bridgehead atoms. The molecule has 0 saturated carbocycles. The highest BCUT2D eigenvalue weighted by molar-refractivity contribution is 9.10. The second-order valence-electron chi connectivity index (χ2n) is 8.15. The first kappa shape index (κ1) is 24.1. The summed E-state index contributed by atoms with van der Waals surface area (Å²) in [6, 6.07) is 3.63. The van der Waals surface area contributed by atoms with Crippen molar-refractivity contribution in [2.24, 2.45) is 5.41 Å². The number of amides is 2. The summed E-state index contributed by atoms with van der Waals surface area (Å²) < 4.78 is 1.80. The standard InChI is InChI=1S/C23H25BrN6O3S/c1-3-5-23(19(31)32)6-8-30(9-7-23)20-26-12-15(13-27-20)14-10-16(24)18-17(11-14)28-22(34-18)29-21(33)25-4-2/h3,10-13H,1,4-9H2,2H3,(H,31,32)(H2,25,28,29,33). The number of anilines is 2. The van der Waals surface area contributed by atoms with Crippen LogP contribution in [0.15, 0.2) is 41.7 Å². The third kappa shape index (κ3) is 4.90. The second kappa shape index (κ2) is 10.1. The van der Waals surface area contributed by atoms with Gasteiger partial charge in [-0.05, 0) is 59.8 Å². The van der Waals surface area contributed by atoms with Gasteiger partial charge in [-0.3, -0.25) is 10.1 Å². The molecule has 1 aromatic carbocycles. The topological polar surface area (TPSA) is 120 Å². The minimum absolute atomic E-state index is 0.287. The Kier molecular flexibility index (Phi) is 7.13. The molecule has 0 atom stereocenters. The molecule has 1 aliphatic heterocycles. The van der Waals surface area contributed by atoms with E-state index in [9.17, 15) is 14.7 Å². The van der Waals surface area contributed by atoms with E-state index < -0.39 is 11.4 Å². The van der Waals surface area contributed by atoms with E-state index in [-0.39, 0.29) is 6.03 Å². The predicted molar refractivity (Wildman–Crippen MR) is 137 cm³/mol. The lowest BCUT2D eigenvalue weighted by atomic mass is 9.76. The molecule has 3 heterocycles. The van der Waals surface area contributed by atoms with Crippen molar-refractivity contribution < 1.29 is 14.7 Å². The number of carbonyl (C=O) groups excluding carboxylic acids is 1. The Morgan fingerprint density at radius 1 is 1.26 bits per heavy atom. The quantitative estimate of drug-likeness (QED) is 0.361. The number of hydrogen-bond donors (Lipinski definition) is 3. The largest absolute Gasteiger partial charge is 0.481 e. The van der Waals surface area contributed by atoms with E-state index >= 15 is 0 Å². The molecule has 0 spiro atoms. The minimum Gasteiger partial charge on any atom is -0.481 e. The van der Waals surface area contributed by atoms with Crippen LogP contribution in [0.1, 0.15) is 26.2 Å². The Morgan fingerprint density at radius 2 is 1.97 bits per heavy atom. The number of aromatic nitrogens is 3. The highest BCUT2D eigenvalue weighted by Crippen LogP contribution is 2.38. The van der Waals surface area contributed by atoms with Gasteiger partial charge in [-0.2, -0.15) is 0 Å². The van der Waals surface area contributed by atoms with E-state index in [0.717, 1.165) is 25.8 Å². The molecule has 178 valence electrons. The summed E-state index contributed by atoms with van der Waals surface area (Å²) in [5.74, 6) is -0.181. The van der Waals surface area contributed by atoms with E-state index in [2.05, 4.69) is 48.1 Å². The number of nitrogens with zero attached hydrogens (tertiary/aromatic N) is 4. The summed E-state index contributed by atoms with van der Waals surface area (Å²) in [5.41, 5.74) is 1.74. The van der Waals surface area contributed by atoms with Gasteiger partial charge in [0.1, 0.15) is 0 Å². The van der Waals surface area contributed by atoms with Crippen molar-refractivity contribution in [1.29, 1.82) is 0 Å². The van der Waals surface area contributed by atoms with Crippen LogP contribution >= 0.6 is 27.3 Å². The highest BCUT2D eigenvalue weighted by atomic mass is 79.9. The van der Waals surface area contributed by atoms with Crippen molar-refractivity contribution >= 4 is 60.6 Å². The number of aliphatic carboxylic acids is 1. The van der Waals surface area contributed by atoms with Crippen LogP contribution in [-0.4, -0.2) is 51.7 Å². The van der Waals surface area contributed by atoms with Crippen LogP contribution in [0.25, 0.3) is 21.3 Å². The van der Waals surface area contributed by atoms with Gasteiger partial charge in [0.05, 0.1) is 15.6 Å². The normalized spacial score (nSPS) is 15.2. The first-order valence-corrected chi connectivity index (χ1v) is 12.5. The minimum atomic E-state index is -0.768. The average Bonchev–Trinajstić information content (AvgIpc) is 3.23. The number of urea groups is 1. The van der Waals surface area contributed by atoms with Crippen LogP contribution in [0.5, 0.6) is 0 Å². The van der Waals surface area contributed by atoms with E-state index in [1.165, 1.54) is 11.3 Å². The number of allylic oxidation sites excluding steroid dienone is 1. The number of halogens is 1. The average molecular weight is 545 g/mol. The van der Waals surface area contributed by atoms with Crippen molar-refractivity contribution in [2.75, 3.05) is 29.9 Å². The van der Waals surface area contributed by atoms with E-state index in [0.29, 0.717) is 50.0 Å². The van der Waals surface area contributed by atoms with Crippen LogP contribution < -0.4 is 15.5 Å². The summed E-state index contributed by atoms with van der Waals surface area (Å²) in [4.78, 5) is 39.2. The molecule has 2 aromatic heterocycles. The number of carboxylic acids is 1. The molecule has 34 heavy (non-hydrogen) atoms. The molecule has 1 aliphatic rings. The zero-order valence-corrected chi connectivity index (χ0v) is 21.1. The number of nitrogens with one attached hydrogen (secondary N) is 2. The SMILES string of the molecule is C=CCC1(C(=O)O)CCN(c2ncc(-c3cc(Br)c4sc(NC(=O)NCC)nc4c3)cn2)CC1. The molecular weight excluding hydrogens is 520 g/mol. The van der Waals surface area contributed by atoms with Crippen LogP contribution in [0.3, 0.4) is 0 Å². The van der Waals surface area contributed by atoms with Crippen molar-refractivity contribution in [2.45, 2.75) is 26.2 Å². The molecule has 3 N–H and O–H groups in total. The summed E-state index contributed by atoms with van der Waals surface area (Å²) >= 11 is 5.00. The molecule has 4 rings (SSSR count). The lowest BCUT2D eigenvalue weighted by Crippen LogP contribution is -2.44. The maximum absolute atomic E-state index is 11.8. The van der Waals surface area contributed by atoms with Gasteiger partial charge >= 0.3 is 12.0 Å². The van der Waals surface area contributed by atoms with Crippen molar-refractivity contribution in [1.82, 2.24) is 20.3 Å². The second-order valence-corrected chi connectivity index (χ2v) is 10.0. The van der Waals surface area contributed by atoms with E-state index in [1.54, 1.807) is 18.5 Å². The zero-order valence-electron chi connectivity index (χ0n) is 18.7. The Morgan fingerprint density at radius 3 is 2.59 bits per heavy atom. The number of hydrogen-bond acceptors (Lipinski definition) is 7. The molecule has 1 saturated heterocycles. The highest BCUT2D eigenvalue weighted by Gasteiger charge is 2.40. The van der Waals surface area contributed by atoms with E-state index in [1.807, 2.05) is 24.0 Å². The Balaban J connectivity index is 1.50. The number of fused-ring (bicyclic) bond motifs is 1. The zero-order chi connectivity index (χ0) is 24.3. The van der Waals surface area contributed by atoms with Crippen molar-refractivity contribution in [3.63, 3.8) is 0 Å². The number of piperidine rings is 1. The number of rotatable bonds is 7. The first-order chi connectivity index (χ1) is 16.3. The number of carboxylic acid groups (broad SMARTS) is 1. The smallest absolute Gasteiger partial charge is 0.321 e. The fraction of sp³-hybridized carbons (Fsp3) is 0.348. The Labute approximate surface area is 209 Å². The first-order valence-electron chi connectivity index (χ1n) is 10.9. The van der Waals surface area contributed by atoms with Gasteiger partial charge in [0.25, 0.3) is 0 Å². The lowest BCUT2D eigenvalue weighted by Gasteiger charge is -2.38. The number of thiazole rings is 1. The van der Waals surface area contributed by atoms with Gasteiger partial charge in [-0.15, -0.1) is 6.58 Å². The summed E-state index contributed by atoms with van der Waals surface area (Å²) in [7, 11) is 0. The molecule has 0 radical (unpaired) electrons. The van der Waals surface area contributed by atoms with Crippen molar-refractivity contribution in [3.05, 3.63) is 41.7 Å². The van der Waals surface area contributed by atoms with Gasteiger partial charge in [-0.1, -0.05) is 17.4 Å². The third-order valence-electron chi connectivity index (χ3n) is 5.97. The fourth-order valence-corrected chi connectivity index (χ4v) is 5.60. The molecule has 1 fully saturated rings. The van der Waals surface area contributed by atoms with E-state index in [4.69, 9.17) is 0 Å². The maximum atomic E-state index is 11.8. The molecule has 9 nitrogen and oxygen atoms in total. The monoisotopic (exact) mass is 544 g/mol. The summed E-state index contributed by atoms with van der Waals surface area (Å²) in [6.45, 7) is 7.26. The number of carbonyl (C=O) groups is 2. The maximum Gasteiger partial charge on any atom is 0.321 e. The molecule has 0 unspecified atom stereocenters. The third-order valence-corrected chi connectivity index (χ3v) is 7.87. The van der Waals surface area contributed by atoms with Gasteiger partial charge in [-0.25, -0.2) is 19.7 Å². The van der Waals surface area contributed by atoms with Crippen molar-refractivity contribution in [3.8, 4) is 11.1 Å².